The summed E-state index contributed by atoms with van der Waals surface area (Å²) in [6.45, 7) is 15.9. The lowest BCUT2D eigenvalue weighted by Crippen LogP contribution is -2.32. The minimum atomic E-state index is -0.412. The maximum atomic E-state index is 7.51. The predicted molar refractivity (Wildman–Crippen MR) is 140 cm³/mol. The van der Waals surface area contributed by atoms with Crippen molar-refractivity contribution in [3.63, 3.8) is 0 Å². The molecule has 1 aromatic heterocycles. The molecule has 0 radical (unpaired) electrons. The molecule has 3 nitrogen and oxygen atoms in total. The van der Waals surface area contributed by atoms with Crippen LogP contribution in [0.5, 0.6) is 11.5 Å². The van der Waals surface area contributed by atoms with Crippen LogP contribution in [0.15, 0.2) is 60.8 Å². The van der Waals surface area contributed by atoms with Gasteiger partial charge in [-0.05, 0) is 52.6 Å². The van der Waals surface area contributed by atoms with Gasteiger partial charge in [-0.15, -0.1) is 0 Å². The monoisotopic (exact) mass is 443 g/mol. The van der Waals surface area contributed by atoms with Crippen LogP contribution in [-0.2, 0) is 13.5 Å². The van der Waals surface area contributed by atoms with Crippen LogP contribution in [-0.4, -0.2) is 5.54 Å². The molecule has 1 aliphatic rings. The molecule has 2 heterocycles. The first-order valence-electron chi connectivity index (χ1n) is 11.8. The van der Waals surface area contributed by atoms with Crippen LogP contribution in [0.4, 0.5) is 0 Å². The molecule has 5 aromatic rings. The van der Waals surface area contributed by atoms with Gasteiger partial charge in [0.2, 0.25) is 11.2 Å². The molecule has 3 heteroatoms. The Labute approximate surface area is 200 Å². The Morgan fingerprint density at radius 3 is 2.35 bits per heavy atom. The number of fused-ring (bicyclic) bond motifs is 5. The number of hydrogen-bond donors (Lipinski definition) is 0. The van der Waals surface area contributed by atoms with Crippen molar-refractivity contribution in [3.8, 4) is 22.8 Å². The number of aromatic nitrogens is 1. The van der Waals surface area contributed by atoms with Crippen molar-refractivity contribution in [1.82, 2.24) is 0 Å². The topological polar surface area (TPSA) is 17.5 Å². The van der Waals surface area contributed by atoms with E-state index in [4.69, 9.17) is 11.3 Å². The molecule has 1 aliphatic heterocycles. The van der Waals surface area contributed by atoms with Gasteiger partial charge in [-0.25, -0.2) is 11.1 Å². The molecule has 0 aliphatic carbocycles. The van der Waals surface area contributed by atoms with E-state index in [9.17, 15) is 0 Å². The molecule has 166 valence electrons. The summed E-state index contributed by atoms with van der Waals surface area (Å²) in [5.41, 5.74) is 5.58. The minimum absolute atomic E-state index is 0.412. The zero-order chi connectivity index (χ0) is 23.8. The molecule has 0 amide bonds. The number of pyridine rings is 1. The maximum absolute atomic E-state index is 7.51. The average Bonchev–Trinajstić information content (AvgIpc) is 2.83. The average molecular weight is 444 g/mol. The first kappa shape index (κ1) is 20.7. The summed E-state index contributed by atoms with van der Waals surface area (Å²) < 4.78 is 9.07. The van der Waals surface area contributed by atoms with Crippen LogP contribution < -0.4 is 9.30 Å². The third-order valence-corrected chi connectivity index (χ3v) is 7.31. The molecule has 0 fully saturated rings. The van der Waals surface area contributed by atoms with Crippen molar-refractivity contribution < 1.29 is 9.30 Å². The fraction of sp³-hybridized carbons (Fsp3) is 0.226. The second-order valence-corrected chi connectivity index (χ2v) is 10.2. The normalized spacial score (nSPS) is 12.6. The van der Waals surface area contributed by atoms with Gasteiger partial charge in [0.25, 0.3) is 0 Å². The highest BCUT2D eigenvalue weighted by atomic mass is 16.5. The summed E-state index contributed by atoms with van der Waals surface area (Å²) in [6.07, 6.45) is 2.88. The smallest absolute Gasteiger partial charge is 0.231 e. The van der Waals surface area contributed by atoms with Gasteiger partial charge in [0.05, 0.1) is 17.4 Å². The second-order valence-electron chi connectivity index (χ2n) is 10.2. The third-order valence-electron chi connectivity index (χ3n) is 7.31. The Bertz CT molecular complexity index is 1720. The number of rotatable bonds is 2. The second kappa shape index (κ2) is 7.05. The highest BCUT2D eigenvalue weighted by molar-refractivity contribution is 6.13. The minimum Gasteiger partial charge on any atom is -0.455 e. The lowest BCUT2D eigenvalue weighted by molar-refractivity contribution is -0.659. The van der Waals surface area contributed by atoms with Crippen molar-refractivity contribution in [3.05, 3.63) is 88.9 Å². The number of ether oxygens (including phenoxy) is 1. The summed E-state index contributed by atoms with van der Waals surface area (Å²) in [5.74, 6) is 1.89. The van der Waals surface area contributed by atoms with Crippen LogP contribution in [0, 0.1) is 20.4 Å². The highest BCUT2D eigenvalue weighted by Crippen LogP contribution is 2.52. The van der Waals surface area contributed by atoms with Gasteiger partial charge in [0, 0.05) is 30.9 Å². The van der Waals surface area contributed by atoms with E-state index >= 15 is 0 Å². The van der Waals surface area contributed by atoms with Crippen molar-refractivity contribution in [2.45, 2.75) is 39.7 Å². The lowest BCUT2D eigenvalue weighted by atomic mass is 9.87. The predicted octanol–water partition coefficient (Wildman–Crippen LogP) is 7.60. The molecular formula is C31H27N2O+. The van der Waals surface area contributed by atoms with Crippen molar-refractivity contribution in [1.29, 1.82) is 0 Å². The summed E-state index contributed by atoms with van der Waals surface area (Å²) >= 11 is 0. The number of hydrogen-bond acceptors (Lipinski definition) is 1. The number of nitrogens with zero attached hydrogens (tertiary/aromatic N) is 2. The summed E-state index contributed by atoms with van der Waals surface area (Å²) in [5, 5.41) is 7.11. The molecule has 0 saturated heterocycles. The van der Waals surface area contributed by atoms with E-state index in [1.165, 1.54) is 44.1 Å². The van der Waals surface area contributed by atoms with E-state index in [-0.39, 0.29) is 0 Å². The quantitative estimate of drug-likeness (QED) is 0.153. The van der Waals surface area contributed by atoms with Crippen LogP contribution in [0.2, 0.25) is 0 Å². The van der Waals surface area contributed by atoms with Crippen LogP contribution >= 0.6 is 0 Å². The first-order valence-corrected chi connectivity index (χ1v) is 11.8. The van der Waals surface area contributed by atoms with Crippen LogP contribution in [0.25, 0.3) is 48.4 Å². The van der Waals surface area contributed by atoms with Crippen molar-refractivity contribution in [2.75, 3.05) is 0 Å². The standard InChI is InChI=1S/C31H27N2O/c1-18-23-9-7-8-10-24(23)19(2)29-26(18)28-27-21(13-14-33(28)6)16-22-15-20(17-31(3,4)32-5)11-12-25(22)30(27)34-29/h7-16H,17H2,1-4,6H3/q+1. The van der Waals surface area contributed by atoms with Crippen molar-refractivity contribution >= 4 is 32.3 Å². The van der Waals surface area contributed by atoms with Gasteiger partial charge >= 0.3 is 0 Å². The molecule has 4 aromatic carbocycles. The first-order chi connectivity index (χ1) is 16.3. The fourth-order valence-electron chi connectivity index (χ4n) is 5.59. The zero-order valence-electron chi connectivity index (χ0n) is 20.3. The molecule has 0 unspecified atom stereocenters. The third kappa shape index (κ3) is 2.85. The van der Waals surface area contributed by atoms with E-state index in [0.717, 1.165) is 34.1 Å². The number of benzene rings is 4. The van der Waals surface area contributed by atoms with Gasteiger partial charge in [-0.2, -0.15) is 0 Å². The summed E-state index contributed by atoms with van der Waals surface area (Å²) in [4.78, 5) is 3.80. The van der Waals surface area contributed by atoms with Crippen LogP contribution in [0.3, 0.4) is 0 Å². The van der Waals surface area contributed by atoms with Gasteiger partial charge in [0.15, 0.2) is 6.20 Å². The largest absolute Gasteiger partial charge is 0.455 e. The molecule has 0 spiro atoms. The number of aryl methyl sites for hydroxylation is 3. The van der Waals surface area contributed by atoms with Gasteiger partial charge in [-0.3, -0.25) is 0 Å². The van der Waals surface area contributed by atoms with Crippen LogP contribution in [0.1, 0.15) is 30.5 Å². The Morgan fingerprint density at radius 2 is 1.62 bits per heavy atom. The Morgan fingerprint density at radius 1 is 0.882 bits per heavy atom. The maximum Gasteiger partial charge on any atom is 0.231 e. The van der Waals surface area contributed by atoms with E-state index < -0.39 is 5.54 Å². The molecule has 34 heavy (non-hydrogen) atoms. The lowest BCUT2D eigenvalue weighted by Gasteiger charge is -2.25. The fourth-order valence-corrected chi connectivity index (χ4v) is 5.59. The Kier molecular flexibility index (Phi) is 4.29. The highest BCUT2D eigenvalue weighted by Gasteiger charge is 2.33. The summed E-state index contributed by atoms with van der Waals surface area (Å²) in [7, 11) is 2.12. The van der Waals surface area contributed by atoms with Gasteiger partial charge in [0.1, 0.15) is 18.5 Å². The Hall–Kier alpha value is -3.90. The molecule has 6 rings (SSSR count). The molecular weight excluding hydrogens is 416 g/mol. The molecule has 0 saturated carbocycles. The van der Waals surface area contributed by atoms with E-state index in [0.29, 0.717) is 0 Å². The molecule has 0 atom stereocenters. The van der Waals surface area contributed by atoms with Crippen molar-refractivity contribution in [2.24, 2.45) is 7.05 Å². The van der Waals surface area contributed by atoms with E-state index in [1.807, 2.05) is 13.8 Å². The SMILES string of the molecule is [C-]#[N+]C(C)(C)Cc1ccc2c3c4c([n+](C)ccc4cc2c1)-c1c(c(C)c2ccccc2c1C)O3. The summed E-state index contributed by atoms with van der Waals surface area (Å²) in [6, 6.07) is 19.6. The van der Waals surface area contributed by atoms with Gasteiger partial charge < -0.3 is 9.58 Å². The molecule has 0 bridgehead atoms. The van der Waals surface area contributed by atoms with E-state index in [1.54, 1.807) is 0 Å². The Balaban J connectivity index is 1.70. The van der Waals surface area contributed by atoms with E-state index in [2.05, 4.69) is 91.1 Å². The molecule has 0 N–H and O–H groups in total. The zero-order valence-corrected chi connectivity index (χ0v) is 20.3. The van der Waals surface area contributed by atoms with Gasteiger partial charge in [-0.1, -0.05) is 42.5 Å².